The molecular formula is C20H27N7. The molecule has 4 N–H and O–H groups in total. The van der Waals surface area contributed by atoms with Gasteiger partial charge in [-0.05, 0) is 43.7 Å². The van der Waals surface area contributed by atoms with Gasteiger partial charge in [-0.3, -0.25) is 4.99 Å². The van der Waals surface area contributed by atoms with E-state index in [1.165, 1.54) is 12.8 Å². The molecule has 0 amide bonds. The van der Waals surface area contributed by atoms with Crippen molar-refractivity contribution in [2.75, 3.05) is 25.4 Å². The van der Waals surface area contributed by atoms with Crippen LogP contribution >= 0.6 is 0 Å². The smallest absolute Gasteiger partial charge is 0.191 e. The zero-order valence-corrected chi connectivity index (χ0v) is 15.8. The van der Waals surface area contributed by atoms with E-state index in [1.807, 2.05) is 30.3 Å². The number of aromatic nitrogens is 2. The maximum absolute atomic E-state index is 9.46. The highest BCUT2D eigenvalue weighted by atomic mass is 15.3. The Balaban J connectivity index is 1.63. The Morgan fingerprint density at radius 3 is 2.85 bits per heavy atom. The van der Waals surface area contributed by atoms with E-state index in [9.17, 15) is 5.26 Å². The first-order valence-corrected chi connectivity index (χ1v) is 9.48. The van der Waals surface area contributed by atoms with Crippen LogP contribution in [0, 0.1) is 17.2 Å². The van der Waals surface area contributed by atoms with Crippen LogP contribution < -0.4 is 11.5 Å². The van der Waals surface area contributed by atoms with Gasteiger partial charge in [-0.25, -0.2) is 4.68 Å². The van der Waals surface area contributed by atoms with Gasteiger partial charge in [-0.2, -0.15) is 10.4 Å². The number of likely N-dealkylation sites (tertiary alicyclic amines) is 1. The standard InChI is InChI=1S/C20H27N7/c1-15-7-6-12-26(14-15)20(23)24-11-5-10-18-17(13-21)19(22)27(25-18)16-8-3-2-4-9-16/h2-4,8-9,15H,5-7,10-12,14,22H2,1H3,(H2,23,24). The third-order valence-corrected chi connectivity index (χ3v) is 4.93. The lowest BCUT2D eigenvalue weighted by atomic mass is 10.0. The summed E-state index contributed by atoms with van der Waals surface area (Å²) < 4.78 is 1.63. The van der Waals surface area contributed by atoms with Gasteiger partial charge in [0, 0.05) is 19.6 Å². The summed E-state index contributed by atoms with van der Waals surface area (Å²) >= 11 is 0. The minimum Gasteiger partial charge on any atom is -0.382 e. The zero-order chi connectivity index (χ0) is 19.2. The van der Waals surface area contributed by atoms with E-state index in [4.69, 9.17) is 11.5 Å². The molecule has 1 saturated heterocycles. The maximum Gasteiger partial charge on any atom is 0.191 e. The molecule has 2 heterocycles. The van der Waals surface area contributed by atoms with Gasteiger partial charge in [-0.15, -0.1) is 0 Å². The van der Waals surface area contributed by atoms with E-state index in [2.05, 4.69) is 28.0 Å². The Bertz CT molecular complexity index is 832. The third kappa shape index (κ3) is 4.40. The molecule has 1 atom stereocenters. The van der Waals surface area contributed by atoms with Crippen LogP contribution in [0.25, 0.3) is 5.69 Å². The summed E-state index contributed by atoms with van der Waals surface area (Å²) in [5.41, 5.74) is 14.3. The van der Waals surface area contributed by atoms with Crippen molar-refractivity contribution in [1.29, 1.82) is 5.26 Å². The first-order chi connectivity index (χ1) is 13.1. The zero-order valence-electron chi connectivity index (χ0n) is 15.8. The molecule has 1 unspecified atom stereocenters. The van der Waals surface area contributed by atoms with Crippen LogP contribution in [-0.4, -0.2) is 40.3 Å². The summed E-state index contributed by atoms with van der Waals surface area (Å²) in [6.07, 6.45) is 3.83. The average molecular weight is 365 g/mol. The number of nitrogens with zero attached hydrogens (tertiary/aromatic N) is 5. The monoisotopic (exact) mass is 365 g/mol. The Kier molecular flexibility index (Phi) is 5.97. The molecule has 1 aliphatic rings. The SMILES string of the molecule is CC1CCCN(C(N)=NCCCc2nn(-c3ccccc3)c(N)c2C#N)C1. The summed E-state index contributed by atoms with van der Waals surface area (Å²) in [6.45, 7) is 4.82. The van der Waals surface area contributed by atoms with Crippen LogP contribution in [0.15, 0.2) is 35.3 Å². The van der Waals surface area contributed by atoms with Crippen molar-refractivity contribution in [3.05, 3.63) is 41.6 Å². The topological polar surface area (TPSA) is 109 Å². The summed E-state index contributed by atoms with van der Waals surface area (Å²) in [7, 11) is 0. The molecule has 0 bridgehead atoms. The summed E-state index contributed by atoms with van der Waals surface area (Å²) in [5, 5.41) is 14.0. The lowest BCUT2D eigenvalue weighted by Gasteiger charge is -2.31. The Labute approximate surface area is 160 Å². The van der Waals surface area contributed by atoms with Crippen molar-refractivity contribution in [2.24, 2.45) is 16.6 Å². The number of nitrogens with two attached hydrogens (primary N) is 2. The van der Waals surface area contributed by atoms with E-state index >= 15 is 0 Å². The van der Waals surface area contributed by atoms with Crippen LogP contribution in [0.1, 0.15) is 37.4 Å². The first-order valence-electron chi connectivity index (χ1n) is 9.48. The molecular weight excluding hydrogens is 338 g/mol. The molecule has 0 radical (unpaired) electrons. The second kappa shape index (κ2) is 8.58. The Hall–Kier alpha value is -3.01. The molecule has 27 heavy (non-hydrogen) atoms. The molecule has 1 aliphatic heterocycles. The third-order valence-electron chi connectivity index (χ3n) is 4.93. The fourth-order valence-corrected chi connectivity index (χ4v) is 3.48. The number of hydrogen-bond acceptors (Lipinski definition) is 4. The van der Waals surface area contributed by atoms with Gasteiger partial charge >= 0.3 is 0 Å². The largest absolute Gasteiger partial charge is 0.382 e. The minimum atomic E-state index is 0.379. The number of hydrogen-bond donors (Lipinski definition) is 2. The van der Waals surface area contributed by atoms with E-state index in [1.54, 1.807) is 4.68 Å². The van der Waals surface area contributed by atoms with E-state index < -0.39 is 0 Å². The highest BCUT2D eigenvalue weighted by Crippen LogP contribution is 2.21. The number of piperidine rings is 1. The van der Waals surface area contributed by atoms with Crippen molar-refractivity contribution in [3.8, 4) is 11.8 Å². The Morgan fingerprint density at radius 1 is 1.37 bits per heavy atom. The minimum absolute atomic E-state index is 0.379. The predicted octanol–water partition coefficient (Wildman–Crippen LogP) is 2.31. The highest BCUT2D eigenvalue weighted by molar-refractivity contribution is 5.78. The molecule has 1 aromatic carbocycles. The normalized spacial score (nSPS) is 17.7. The molecule has 142 valence electrons. The molecule has 3 rings (SSSR count). The lowest BCUT2D eigenvalue weighted by molar-refractivity contribution is 0.270. The van der Waals surface area contributed by atoms with Crippen molar-refractivity contribution < 1.29 is 0 Å². The van der Waals surface area contributed by atoms with Crippen LogP contribution in [-0.2, 0) is 6.42 Å². The number of nitrogen functional groups attached to an aromatic ring is 1. The van der Waals surface area contributed by atoms with Crippen LogP contribution in [0.5, 0.6) is 0 Å². The number of anilines is 1. The quantitative estimate of drug-likeness (QED) is 0.480. The number of aryl methyl sites for hydroxylation is 1. The second-order valence-corrected chi connectivity index (χ2v) is 7.10. The number of benzene rings is 1. The summed E-state index contributed by atoms with van der Waals surface area (Å²) in [6, 6.07) is 11.8. The summed E-state index contributed by atoms with van der Waals surface area (Å²) in [5.74, 6) is 1.66. The number of aliphatic imine (C=N–C) groups is 1. The number of rotatable bonds is 5. The van der Waals surface area contributed by atoms with Crippen molar-refractivity contribution in [1.82, 2.24) is 14.7 Å². The van der Waals surface area contributed by atoms with Gasteiger partial charge in [0.05, 0.1) is 11.4 Å². The van der Waals surface area contributed by atoms with E-state index in [-0.39, 0.29) is 0 Å². The van der Waals surface area contributed by atoms with E-state index in [0.717, 1.165) is 25.2 Å². The molecule has 0 aliphatic carbocycles. The van der Waals surface area contributed by atoms with Crippen molar-refractivity contribution in [3.63, 3.8) is 0 Å². The lowest BCUT2D eigenvalue weighted by Crippen LogP contribution is -2.43. The molecule has 1 fully saturated rings. The first kappa shape index (κ1) is 18.8. The molecule has 7 heteroatoms. The van der Waals surface area contributed by atoms with Crippen molar-refractivity contribution in [2.45, 2.75) is 32.6 Å². The van der Waals surface area contributed by atoms with Gasteiger partial charge in [0.25, 0.3) is 0 Å². The second-order valence-electron chi connectivity index (χ2n) is 7.10. The number of nitriles is 1. The number of guanidine groups is 1. The molecule has 0 spiro atoms. The van der Waals surface area contributed by atoms with Gasteiger partial charge in [-0.1, -0.05) is 25.1 Å². The van der Waals surface area contributed by atoms with Gasteiger partial charge in [0.15, 0.2) is 5.96 Å². The molecule has 7 nitrogen and oxygen atoms in total. The maximum atomic E-state index is 9.46. The average Bonchev–Trinajstić information content (AvgIpc) is 3.01. The molecule has 2 aromatic rings. The molecule has 0 saturated carbocycles. The van der Waals surface area contributed by atoms with Gasteiger partial charge < -0.3 is 16.4 Å². The van der Waals surface area contributed by atoms with Crippen LogP contribution in [0.4, 0.5) is 5.82 Å². The molecule has 1 aromatic heterocycles. The fourth-order valence-electron chi connectivity index (χ4n) is 3.48. The van der Waals surface area contributed by atoms with Crippen LogP contribution in [0.3, 0.4) is 0 Å². The predicted molar refractivity (Wildman–Crippen MR) is 107 cm³/mol. The number of para-hydroxylation sites is 1. The van der Waals surface area contributed by atoms with Crippen LogP contribution in [0.2, 0.25) is 0 Å². The highest BCUT2D eigenvalue weighted by Gasteiger charge is 2.18. The van der Waals surface area contributed by atoms with Gasteiger partial charge in [0.2, 0.25) is 0 Å². The van der Waals surface area contributed by atoms with E-state index in [0.29, 0.717) is 41.9 Å². The summed E-state index contributed by atoms with van der Waals surface area (Å²) in [4.78, 5) is 6.68. The fraction of sp³-hybridized carbons (Fsp3) is 0.450. The van der Waals surface area contributed by atoms with Gasteiger partial charge in [0.1, 0.15) is 17.5 Å². The van der Waals surface area contributed by atoms with Crippen molar-refractivity contribution >= 4 is 11.8 Å². The Morgan fingerprint density at radius 2 is 2.15 bits per heavy atom.